The molecule has 1 aliphatic rings. The standard InChI is InChI=1S/C23H16F2N8O2/c1-12-20(23(35)33(30-12)15-8-9-17(24)18(25)11-15)27-26-19-7-3-6-16(21(19)34)13-4-2-5-14(10-13)22-28-31-32-29-22/h2-11,26,34H,1H3,(H,28,29,31,32). The number of aromatic hydroxyl groups is 1. The molecule has 4 aromatic rings. The van der Waals surface area contributed by atoms with Gasteiger partial charge in [-0.25, -0.2) is 13.9 Å². The summed E-state index contributed by atoms with van der Waals surface area (Å²) in [6.45, 7) is 1.55. The van der Waals surface area contributed by atoms with Crippen LogP contribution in [0.4, 0.5) is 20.2 Å². The number of H-pyrrole nitrogens is 1. The minimum Gasteiger partial charge on any atom is -0.505 e. The van der Waals surface area contributed by atoms with Gasteiger partial charge in [0.1, 0.15) is 5.75 Å². The zero-order chi connectivity index (χ0) is 24.5. The number of hydrogen-bond acceptors (Lipinski definition) is 8. The van der Waals surface area contributed by atoms with Crippen LogP contribution in [-0.4, -0.2) is 43.1 Å². The maximum atomic E-state index is 13.6. The number of carbonyl (C=O) groups is 1. The molecule has 0 spiro atoms. The fourth-order valence-corrected chi connectivity index (χ4v) is 3.52. The van der Waals surface area contributed by atoms with Crippen LogP contribution >= 0.6 is 0 Å². The first kappa shape index (κ1) is 21.8. The van der Waals surface area contributed by atoms with Crippen molar-refractivity contribution in [3.8, 4) is 28.3 Å². The van der Waals surface area contributed by atoms with Crippen LogP contribution in [0.3, 0.4) is 0 Å². The summed E-state index contributed by atoms with van der Waals surface area (Å²) in [4.78, 5) is 12.8. The minimum atomic E-state index is -1.10. The van der Waals surface area contributed by atoms with Gasteiger partial charge in [0.25, 0.3) is 0 Å². The summed E-state index contributed by atoms with van der Waals surface area (Å²) in [5.41, 5.74) is 5.16. The van der Waals surface area contributed by atoms with E-state index in [1.54, 1.807) is 31.2 Å². The number of aromatic amines is 1. The Kier molecular flexibility index (Phi) is 5.45. The van der Waals surface area contributed by atoms with Crippen LogP contribution in [0, 0.1) is 11.6 Å². The lowest BCUT2D eigenvalue weighted by atomic mass is 10.0. The van der Waals surface area contributed by atoms with Crippen LogP contribution in [0.2, 0.25) is 0 Å². The third-order valence-corrected chi connectivity index (χ3v) is 5.25. The van der Waals surface area contributed by atoms with E-state index in [1.807, 2.05) is 18.2 Å². The summed E-state index contributed by atoms with van der Waals surface area (Å²) in [6.07, 6.45) is 0. The summed E-state index contributed by atoms with van der Waals surface area (Å²) in [7, 11) is 0. The molecule has 0 saturated heterocycles. The lowest BCUT2D eigenvalue weighted by Crippen LogP contribution is -2.28. The average molecular weight is 474 g/mol. The highest BCUT2D eigenvalue weighted by molar-refractivity contribution is 6.71. The topological polar surface area (TPSA) is 132 Å². The Bertz CT molecular complexity index is 1500. The Morgan fingerprint density at radius 2 is 1.83 bits per heavy atom. The van der Waals surface area contributed by atoms with Crippen molar-refractivity contribution < 1.29 is 18.7 Å². The van der Waals surface area contributed by atoms with Crippen molar-refractivity contribution in [1.29, 1.82) is 0 Å². The second-order valence-corrected chi connectivity index (χ2v) is 7.51. The van der Waals surface area contributed by atoms with Crippen molar-refractivity contribution in [2.24, 2.45) is 10.2 Å². The number of rotatable bonds is 5. The molecule has 0 bridgehead atoms. The van der Waals surface area contributed by atoms with E-state index in [2.05, 4.69) is 36.3 Å². The van der Waals surface area contributed by atoms with E-state index in [0.29, 0.717) is 17.0 Å². The first-order chi connectivity index (χ1) is 16.9. The van der Waals surface area contributed by atoms with E-state index in [9.17, 15) is 18.7 Å². The molecule has 0 unspecified atom stereocenters. The smallest absolute Gasteiger partial charge is 0.301 e. The van der Waals surface area contributed by atoms with Crippen LogP contribution in [0.15, 0.2) is 70.9 Å². The average Bonchev–Trinajstić information content (AvgIpc) is 3.49. The number of benzene rings is 3. The fourth-order valence-electron chi connectivity index (χ4n) is 3.52. The monoisotopic (exact) mass is 474 g/mol. The number of tetrazole rings is 1. The van der Waals surface area contributed by atoms with Crippen molar-refractivity contribution in [3.63, 3.8) is 0 Å². The number of aromatic nitrogens is 4. The number of nitrogens with zero attached hydrogens (tertiary/aromatic N) is 6. The zero-order valence-electron chi connectivity index (χ0n) is 18.1. The number of hydrazone groups is 2. The van der Waals surface area contributed by atoms with Gasteiger partial charge in [0.2, 0.25) is 0 Å². The Labute approximate surface area is 196 Å². The molecule has 5 rings (SSSR count). The third-order valence-electron chi connectivity index (χ3n) is 5.25. The van der Waals surface area contributed by atoms with E-state index >= 15 is 0 Å². The van der Waals surface area contributed by atoms with Crippen LogP contribution in [0.25, 0.3) is 22.5 Å². The number of para-hydroxylation sites is 1. The fraction of sp³-hybridized carbons (Fsp3) is 0.0435. The first-order valence-corrected chi connectivity index (χ1v) is 10.3. The number of carbonyl (C=O) groups excluding carboxylic acids is 1. The zero-order valence-corrected chi connectivity index (χ0v) is 18.1. The molecule has 3 N–H and O–H groups in total. The molecule has 0 aliphatic carbocycles. The van der Waals surface area contributed by atoms with Gasteiger partial charge in [0.05, 0.1) is 17.1 Å². The highest BCUT2D eigenvalue weighted by Crippen LogP contribution is 2.36. The molecule has 3 aromatic carbocycles. The molecule has 1 aromatic heterocycles. The van der Waals surface area contributed by atoms with E-state index < -0.39 is 17.5 Å². The maximum Gasteiger partial charge on any atom is 0.301 e. The molecule has 2 heterocycles. The summed E-state index contributed by atoms with van der Waals surface area (Å²) in [6, 6.07) is 15.3. The van der Waals surface area contributed by atoms with Crippen molar-refractivity contribution in [2.45, 2.75) is 6.92 Å². The number of halogens is 2. The van der Waals surface area contributed by atoms with Crippen molar-refractivity contribution in [2.75, 3.05) is 10.4 Å². The van der Waals surface area contributed by atoms with Crippen LogP contribution in [0.1, 0.15) is 6.92 Å². The SMILES string of the molecule is CC1=NN(c2ccc(F)c(F)c2)C(=O)C1=NNc1cccc(-c2cccc(-c3nnn[nH]3)c2)c1O. The van der Waals surface area contributed by atoms with Gasteiger partial charge in [-0.05, 0) is 47.2 Å². The molecule has 0 fully saturated rings. The number of hydrogen-bond donors (Lipinski definition) is 3. The Morgan fingerprint density at radius 3 is 2.60 bits per heavy atom. The van der Waals surface area contributed by atoms with Crippen molar-refractivity contribution >= 4 is 28.7 Å². The van der Waals surface area contributed by atoms with Gasteiger partial charge in [-0.1, -0.05) is 30.3 Å². The van der Waals surface area contributed by atoms with Gasteiger partial charge in [0, 0.05) is 17.2 Å². The van der Waals surface area contributed by atoms with E-state index in [-0.39, 0.29) is 28.5 Å². The maximum absolute atomic E-state index is 13.6. The number of amides is 1. The predicted molar refractivity (Wildman–Crippen MR) is 125 cm³/mol. The van der Waals surface area contributed by atoms with Crippen molar-refractivity contribution in [1.82, 2.24) is 20.6 Å². The van der Waals surface area contributed by atoms with E-state index in [0.717, 1.165) is 22.7 Å². The second kappa shape index (κ2) is 8.74. The molecule has 0 saturated carbocycles. The van der Waals surface area contributed by atoms with E-state index in [4.69, 9.17) is 0 Å². The number of phenolic OH excluding ortho intramolecular Hbond substituents is 1. The second-order valence-electron chi connectivity index (χ2n) is 7.51. The van der Waals surface area contributed by atoms with Crippen LogP contribution in [0.5, 0.6) is 5.75 Å². The summed E-state index contributed by atoms with van der Waals surface area (Å²) < 4.78 is 26.9. The Morgan fingerprint density at radius 1 is 1.03 bits per heavy atom. The molecule has 10 nitrogen and oxygen atoms in total. The van der Waals surface area contributed by atoms with Crippen molar-refractivity contribution in [3.05, 3.63) is 72.3 Å². The molecule has 174 valence electrons. The summed E-state index contributed by atoms with van der Waals surface area (Å²) >= 11 is 0. The highest BCUT2D eigenvalue weighted by Gasteiger charge is 2.31. The van der Waals surface area contributed by atoms with Gasteiger partial charge in [-0.15, -0.1) is 5.10 Å². The molecule has 35 heavy (non-hydrogen) atoms. The third kappa shape index (κ3) is 4.08. The molecule has 1 aliphatic heterocycles. The number of nitrogens with one attached hydrogen (secondary N) is 2. The van der Waals surface area contributed by atoms with Gasteiger partial charge >= 0.3 is 5.91 Å². The highest BCUT2D eigenvalue weighted by atomic mass is 19.2. The first-order valence-electron chi connectivity index (χ1n) is 10.3. The molecular weight excluding hydrogens is 458 g/mol. The molecular formula is C23H16F2N8O2. The molecule has 0 radical (unpaired) electrons. The minimum absolute atomic E-state index is 0.0423. The molecule has 12 heteroatoms. The predicted octanol–water partition coefficient (Wildman–Crippen LogP) is 3.71. The van der Waals surface area contributed by atoms with Gasteiger partial charge in [-0.3, -0.25) is 10.2 Å². The Hall–Kier alpha value is -5.00. The summed E-state index contributed by atoms with van der Waals surface area (Å²) in [5, 5.41) is 33.7. The molecule has 0 atom stereocenters. The largest absolute Gasteiger partial charge is 0.505 e. The quantitative estimate of drug-likeness (QED) is 0.299. The lowest BCUT2D eigenvalue weighted by Gasteiger charge is -2.12. The Balaban J connectivity index is 1.41. The molecule has 1 amide bonds. The van der Waals surface area contributed by atoms with Gasteiger partial charge < -0.3 is 5.11 Å². The van der Waals surface area contributed by atoms with Crippen LogP contribution in [-0.2, 0) is 4.79 Å². The summed E-state index contributed by atoms with van der Waals surface area (Å²) in [5.74, 6) is -2.38. The lowest BCUT2D eigenvalue weighted by molar-refractivity contribution is -0.112. The number of phenols is 1. The van der Waals surface area contributed by atoms with E-state index in [1.165, 1.54) is 6.07 Å². The normalized spacial score (nSPS) is 14.5. The van der Waals surface area contributed by atoms with Crippen LogP contribution < -0.4 is 10.4 Å². The van der Waals surface area contributed by atoms with Gasteiger partial charge in [0.15, 0.2) is 23.2 Å². The van der Waals surface area contributed by atoms with Gasteiger partial charge in [-0.2, -0.15) is 15.2 Å². The number of anilines is 2.